The van der Waals surface area contributed by atoms with Gasteiger partial charge in [-0.25, -0.2) is 17.9 Å². The van der Waals surface area contributed by atoms with Crippen molar-refractivity contribution in [3.8, 4) is 22.5 Å². The van der Waals surface area contributed by atoms with Crippen LogP contribution in [-0.2, 0) is 25.9 Å². The van der Waals surface area contributed by atoms with Gasteiger partial charge in [0.15, 0.2) is 15.7 Å². The number of fused-ring (bicyclic) bond motifs is 1. The lowest BCUT2D eigenvalue weighted by atomic mass is 10.0. The molecular formula is C24H24F3N7O4S. The predicted molar refractivity (Wildman–Crippen MR) is 136 cm³/mol. The maximum absolute atomic E-state index is 13.2. The van der Waals surface area contributed by atoms with E-state index < -0.39 is 34.1 Å². The molecule has 1 fully saturated rings. The third-order valence-corrected chi connectivity index (χ3v) is 7.53. The van der Waals surface area contributed by atoms with E-state index in [2.05, 4.69) is 15.2 Å². The van der Waals surface area contributed by atoms with E-state index in [1.807, 2.05) is 0 Å². The summed E-state index contributed by atoms with van der Waals surface area (Å²) in [5.74, 6) is -0.400. The number of ether oxygens (including phenoxy) is 1. The highest BCUT2D eigenvalue weighted by atomic mass is 32.2. The smallest absolute Gasteiger partial charge is 0.382 e. The molecule has 206 valence electrons. The average Bonchev–Trinajstić information content (AvgIpc) is 3.43. The fourth-order valence-corrected chi connectivity index (χ4v) is 5.50. The monoisotopic (exact) mass is 563 g/mol. The van der Waals surface area contributed by atoms with Gasteiger partial charge in [0.2, 0.25) is 0 Å². The molecule has 0 aliphatic carbocycles. The van der Waals surface area contributed by atoms with Crippen LogP contribution in [0.1, 0.15) is 13.8 Å². The highest BCUT2D eigenvalue weighted by molar-refractivity contribution is 7.90. The van der Waals surface area contributed by atoms with Crippen molar-refractivity contribution >= 4 is 32.8 Å². The van der Waals surface area contributed by atoms with Crippen LogP contribution >= 0.6 is 0 Å². The number of carbonyl (C=O) groups is 1. The van der Waals surface area contributed by atoms with Gasteiger partial charge >= 0.3 is 6.18 Å². The first-order chi connectivity index (χ1) is 18.2. The average molecular weight is 564 g/mol. The van der Waals surface area contributed by atoms with Crippen LogP contribution in [0.3, 0.4) is 0 Å². The molecule has 0 saturated carbocycles. The molecule has 1 saturated heterocycles. The molecule has 4 aromatic rings. The van der Waals surface area contributed by atoms with E-state index in [1.54, 1.807) is 19.9 Å². The van der Waals surface area contributed by atoms with Crippen molar-refractivity contribution in [1.29, 1.82) is 0 Å². The van der Waals surface area contributed by atoms with Crippen LogP contribution in [0.2, 0.25) is 0 Å². The number of carbonyl (C=O) groups excluding carboxylic acids is 1. The van der Waals surface area contributed by atoms with Crippen LogP contribution in [0.25, 0.3) is 28.0 Å². The second-order valence-electron chi connectivity index (χ2n) is 9.61. The van der Waals surface area contributed by atoms with Gasteiger partial charge in [-0.05, 0) is 38.1 Å². The minimum atomic E-state index is -4.52. The van der Waals surface area contributed by atoms with Gasteiger partial charge in [-0.2, -0.15) is 23.4 Å². The number of nitrogens with zero attached hydrogens (tertiary/aromatic N) is 6. The summed E-state index contributed by atoms with van der Waals surface area (Å²) in [5.41, 5.74) is 6.62. The number of hydrogen-bond acceptors (Lipinski definition) is 8. The summed E-state index contributed by atoms with van der Waals surface area (Å²) < 4.78 is 72.8. The van der Waals surface area contributed by atoms with Crippen LogP contribution < -0.4 is 10.6 Å². The summed E-state index contributed by atoms with van der Waals surface area (Å²) in [5, 5.41) is 8.07. The quantitative estimate of drug-likeness (QED) is 0.391. The Hall–Kier alpha value is -3.98. The Balaban J connectivity index is 1.73. The first kappa shape index (κ1) is 26.6. The molecule has 1 aliphatic rings. The van der Waals surface area contributed by atoms with Gasteiger partial charge in [-0.15, -0.1) is 0 Å². The van der Waals surface area contributed by atoms with Gasteiger partial charge in [0, 0.05) is 30.1 Å². The molecular weight excluding hydrogens is 539 g/mol. The topological polar surface area (TPSA) is 138 Å². The van der Waals surface area contributed by atoms with E-state index in [1.165, 1.54) is 46.2 Å². The standard InChI is InChI=1S/C24H24F3N7O4S/c1-23(2)22(35)32(8-9-38-23)18-10-14(4-5-19(18)39(3,36)37)17-11-15(20-21(28)29-13-31-34(17)20)16-6-7-30-33(16)12-24(25,26)27/h4-7,10-11,13H,8-9,12H2,1-3H3,(H2,28,29,31). The molecule has 4 heterocycles. The molecule has 2 N–H and O–H groups in total. The number of hydrogen-bond donors (Lipinski definition) is 1. The minimum absolute atomic E-state index is 0.0177. The summed E-state index contributed by atoms with van der Waals surface area (Å²) in [6.07, 6.45) is -1.03. The van der Waals surface area contributed by atoms with Crippen LogP contribution in [0.15, 0.2) is 47.8 Å². The highest BCUT2D eigenvalue weighted by Crippen LogP contribution is 2.38. The SMILES string of the molecule is CC1(C)OCCN(c2cc(-c3cc(-c4ccnn4CC(F)(F)F)c4c(N)ncnn34)ccc2S(C)(=O)=O)C1=O. The number of nitrogens with two attached hydrogens (primary N) is 1. The van der Waals surface area contributed by atoms with Crippen LogP contribution in [0, 0.1) is 0 Å². The number of rotatable bonds is 5. The minimum Gasteiger partial charge on any atom is -0.382 e. The zero-order valence-corrected chi connectivity index (χ0v) is 21.9. The van der Waals surface area contributed by atoms with Crippen molar-refractivity contribution < 1.29 is 31.1 Å². The molecule has 11 nitrogen and oxygen atoms in total. The molecule has 0 bridgehead atoms. The number of halogens is 3. The molecule has 3 aromatic heterocycles. The largest absolute Gasteiger partial charge is 0.408 e. The molecule has 0 radical (unpaired) electrons. The van der Waals surface area contributed by atoms with E-state index in [0.29, 0.717) is 16.8 Å². The van der Waals surface area contributed by atoms with Crippen molar-refractivity contribution in [2.24, 2.45) is 0 Å². The van der Waals surface area contributed by atoms with Crippen molar-refractivity contribution in [2.75, 3.05) is 30.0 Å². The Kier molecular flexibility index (Phi) is 6.18. The molecule has 15 heteroatoms. The van der Waals surface area contributed by atoms with Gasteiger partial charge in [0.25, 0.3) is 5.91 Å². The van der Waals surface area contributed by atoms with Crippen molar-refractivity contribution in [1.82, 2.24) is 24.4 Å². The Labute approximate surface area is 220 Å². The van der Waals surface area contributed by atoms with Crippen LogP contribution in [-0.4, -0.2) is 69.9 Å². The fourth-order valence-electron chi connectivity index (χ4n) is 4.64. The molecule has 5 rings (SSSR count). The maximum atomic E-state index is 13.2. The third-order valence-electron chi connectivity index (χ3n) is 6.39. The maximum Gasteiger partial charge on any atom is 0.408 e. The third kappa shape index (κ3) is 4.83. The summed E-state index contributed by atoms with van der Waals surface area (Å²) in [6, 6.07) is 7.45. The van der Waals surface area contributed by atoms with E-state index in [4.69, 9.17) is 10.5 Å². The molecule has 0 unspecified atom stereocenters. The molecule has 1 aromatic carbocycles. The van der Waals surface area contributed by atoms with Gasteiger partial charge < -0.3 is 15.4 Å². The van der Waals surface area contributed by atoms with Crippen LogP contribution in [0.4, 0.5) is 24.7 Å². The first-order valence-electron chi connectivity index (χ1n) is 11.7. The summed E-state index contributed by atoms with van der Waals surface area (Å²) in [7, 11) is -3.75. The lowest BCUT2D eigenvalue weighted by Crippen LogP contribution is -2.54. The zero-order chi connectivity index (χ0) is 28.3. The Morgan fingerprint density at radius 1 is 1.13 bits per heavy atom. The molecule has 39 heavy (non-hydrogen) atoms. The van der Waals surface area contributed by atoms with Gasteiger partial charge in [-0.1, -0.05) is 6.07 Å². The fraction of sp³-hybridized carbons (Fsp3) is 0.333. The Morgan fingerprint density at radius 3 is 2.56 bits per heavy atom. The number of aromatic nitrogens is 5. The molecule has 0 atom stereocenters. The van der Waals surface area contributed by atoms with E-state index in [-0.39, 0.29) is 40.8 Å². The van der Waals surface area contributed by atoms with Gasteiger partial charge in [0.05, 0.1) is 28.6 Å². The summed E-state index contributed by atoms with van der Waals surface area (Å²) >= 11 is 0. The predicted octanol–water partition coefficient (Wildman–Crippen LogP) is 2.95. The Morgan fingerprint density at radius 2 is 1.87 bits per heavy atom. The van der Waals surface area contributed by atoms with Crippen molar-refractivity contribution in [2.45, 2.75) is 37.1 Å². The van der Waals surface area contributed by atoms with Gasteiger partial charge in [-0.3, -0.25) is 9.48 Å². The highest BCUT2D eigenvalue weighted by Gasteiger charge is 2.39. The molecule has 1 amide bonds. The number of morpholine rings is 1. The molecule has 0 spiro atoms. The normalized spacial score (nSPS) is 16.3. The number of sulfone groups is 1. The second-order valence-corrected chi connectivity index (χ2v) is 11.6. The summed E-state index contributed by atoms with van der Waals surface area (Å²) in [6.45, 7) is 2.19. The van der Waals surface area contributed by atoms with E-state index in [0.717, 1.165) is 10.9 Å². The Bertz CT molecular complexity index is 1710. The van der Waals surface area contributed by atoms with Crippen molar-refractivity contribution in [3.05, 3.63) is 42.9 Å². The van der Waals surface area contributed by atoms with Crippen LogP contribution in [0.5, 0.6) is 0 Å². The zero-order valence-electron chi connectivity index (χ0n) is 21.1. The van der Waals surface area contributed by atoms with E-state index >= 15 is 0 Å². The lowest BCUT2D eigenvalue weighted by molar-refractivity contribution is -0.145. The lowest BCUT2D eigenvalue weighted by Gasteiger charge is -2.37. The van der Waals surface area contributed by atoms with Gasteiger partial charge in [0.1, 0.15) is 24.0 Å². The summed E-state index contributed by atoms with van der Waals surface area (Å²) in [4.78, 5) is 18.5. The number of amides is 1. The second kappa shape index (κ2) is 9.05. The number of alkyl halides is 3. The number of nitrogen functional groups attached to an aromatic ring is 1. The first-order valence-corrected chi connectivity index (χ1v) is 13.6. The number of anilines is 2. The van der Waals surface area contributed by atoms with E-state index in [9.17, 15) is 26.4 Å². The molecule has 1 aliphatic heterocycles. The van der Waals surface area contributed by atoms with Crippen molar-refractivity contribution in [3.63, 3.8) is 0 Å². The number of benzene rings is 1.